The van der Waals surface area contributed by atoms with Crippen molar-refractivity contribution in [1.82, 2.24) is 4.98 Å². The number of hydrogen-bond donors (Lipinski definition) is 1. The van der Waals surface area contributed by atoms with E-state index in [9.17, 15) is 17.2 Å². The van der Waals surface area contributed by atoms with Crippen molar-refractivity contribution in [2.75, 3.05) is 0 Å². The Labute approximate surface area is 99.1 Å². The zero-order valence-corrected chi connectivity index (χ0v) is 10.5. The Bertz CT molecular complexity index is 490. The Kier molecular flexibility index (Phi) is 3.61. The lowest BCUT2D eigenvalue weighted by atomic mass is 10.2. The molecule has 0 aliphatic rings. The molecule has 0 saturated carbocycles. The van der Waals surface area contributed by atoms with Crippen LogP contribution in [-0.2, 0) is 10.0 Å². The molecule has 4 nitrogen and oxygen atoms in total. The topological polar surface area (TPSA) is 73.0 Å². The van der Waals surface area contributed by atoms with Gasteiger partial charge in [-0.15, -0.1) is 0 Å². The number of primary sulfonamides is 1. The van der Waals surface area contributed by atoms with Gasteiger partial charge in [-0.3, -0.25) is 0 Å². The Morgan fingerprint density at radius 3 is 2.47 bits per heavy atom. The van der Waals surface area contributed by atoms with Crippen molar-refractivity contribution >= 4 is 32.6 Å². The molecule has 1 aromatic rings. The highest BCUT2D eigenvalue weighted by Gasteiger charge is 2.20. The van der Waals surface area contributed by atoms with Crippen molar-refractivity contribution in [2.24, 2.45) is 5.14 Å². The number of aryl methyl sites for hydroxylation is 1. The van der Waals surface area contributed by atoms with Crippen LogP contribution >= 0.6 is 22.6 Å². The molecule has 0 saturated heterocycles. The third-order valence-electron chi connectivity index (χ3n) is 1.68. The number of nitrogens with two attached hydrogens (primary N) is 1. The Hall–Kier alpha value is -0.350. The molecular formula is C7H7F2IN2O2S. The van der Waals surface area contributed by atoms with Gasteiger partial charge in [0.2, 0.25) is 0 Å². The fourth-order valence-electron chi connectivity index (χ4n) is 0.993. The van der Waals surface area contributed by atoms with Gasteiger partial charge in [-0.2, -0.15) is 0 Å². The van der Waals surface area contributed by atoms with E-state index in [0.717, 1.165) is 6.07 Å². The van der Waals surface area contributed by atoms with Gasteiger partial charge in [-0.05, 0) is 35.6 Å². The molecule has 0 aromatic carbocycles. The van der Waals surface area contributed by atoms with Crippen molar-refractivity contribution in [2.45, 2.75) is 18.4 Å². The number of halogens is 3. The minimum Gasteiger partial charge on any atom is -0.239 e. The summed E-state index contributed by atoms with van der Waals surface area (Å²) in [4.78, 5) is 3.56. The predicted octanol–water partition coefficient (Wildman–Crippen LogP) is 1.58. The highest BCUT2D eigenvalue weighted by molar-refractivity contribution is 14.1. The first-order valence-corrected chi connectivity index (χ1v) is 6.34. The first-order valence-electron chi connectivity index (χ1n) is 3.71. The second-order valence-electron chi connectivity index (χ2n) is 2.80. The molecule has 84 valence electrons. The Morgan fingerprint density at radius 1 is 1.53 bits per heavy atom. The molecule has 0 fully saturated rings. The fourth-order valence-corrected chi connectivity index (χ4v) is 2.97. The van der Waals surface area contributed by atoms with Gasteiger partial charge < -0.3 is 0 Å². The van der Waals surface area contributed by atoms with Gasteiger partial charge in [-0.1, -0.05) is 0 Å². The molecule has 8 heteroatoms. The smallest absolute Gasteiger partial charge is 0.239 e. The van der Waals surface area contributed by atoms with E-state index in [0.29, 0.717) is 0 Å². The van der Waals surface area contributed by atoms with E-state index in [4.69, 9.17) is 5.14 Å². The summed E-state index contributed by atoms with van der Waals surface area (Å²) in [6.07, 6.45) is -2.68. The molecule has 0 radical (unpaired) electrons. The van der Waals surface area contributed by atoms with Gasteiger partial charge in [-0.25, -0.2) is 27.3 Å². The molecule has 1 aromatic heterocycles. The number of sulfonamides is 1. The van der Waals surface area contributed by atoms with Gasteiger partial charge in [0.1, 0.15) is 0 Å². The van der Waals surface area contributed by atoms with Crippen molar-refractivity contribution in [3.05, 3.63) is 20.9 Å². The van der Waals surface area contributed by atoms with Crippen LogP contribution in [-0.4, -0.2) is 13.4 Å². The molecule has 1 rings (SSSR count). The van der Waals surface area contributed by atoms with Crippen LogP contribution in [0.5, 0.6) is 0 Å². The van der Waals surface area contributed by atoms with E-state index in [1.54, 1.807) is 22.6 Å². The number of pyridine rings is 1. The highest BCUT2D eigenvalue weighted by Crippen LogP contribution is 2.25. The molecule has 2 N–H and O–H groups in total. The van der Waals surface area contributed by atoms with Crippen LogP contribution in [0.3, 0.4) is 0 Å². The molecule has 0 amide bonds. The Morgan fingerprint density at radius 2 is 2.07 bits per heavy atom. The minimum atomic E-state index is -3.96. The third kappa shape index (κ3) is 2.82. The number of aromatic nitrogens is 1. The average molecular weight is 348 g/mol. The first-order chi connectivity index (χ1) is 6.73. The predicted molar refractivity (Wildman–Crippen MR) is 58.0 cm³/mol. The summed E-state index contributed by atoms with van der Waals surface area (Å²) in [5, 5.41) is 4.50. The fraction of sp³-hybridized carbons (Fsp3) is 0.286. The van der Waals surface area contributed by atoms with Crippen molar-refractivity contribution < 1.29 is 17.2 Å². The van der Waals surface area contributed by atoms with Gasteiger partial charge >= 0.3 is 0 Å². The molecule has 0 spiro atoms. The number of rotatable bonds is 2. The second kappa shape index (κ2) is 4.26. The molecule has 1 heterocycles. The third-order valence-corrected chi connectivity index (χ3v) is 3.72. The lowest BCUT2D eigenvalue weighted by Gasteiger charge is -2.07. The molecule has 0 bridgehead atoms. The quantitative estimate of drug-likeness (QED) is 0.825. The van der Waals surface area contributed by atoms with E-state index >= 15 is 0 Å². The summed E-state index contributed by atoms with van der Waals surface area (Å²) in [6, 6.07) is 1.08. The van der Waals surface area contributed by atoms with Crippen LogP contribution in [0, 0.1) is 10.5 Å². The van der Waals surface area contributed by atoms with Crippen LogP contribution < -0.4 is 5.14 Å². The zero-order chi connectivity index (χ0) is 11.8. The van der Waals surface area contributed by atoms with Gasteiger partial charge in [0.05, 0.1) is 3.57 Å². The highest BCUT2D eigenvalue weighted by atomic mass is 127. The van der Waals surface area contributed by atoms with Crippen LogP contribution in [0.25, 0.3) is 0 Å². The standard InChI is InChI=1S/C7H7F2IN2O2S/c1-3-4(6(8)9)2-5(10)7(12-3)15(11,13)14/h2,6H,1H3,(H2,11,13,14). The Balaban J connectivity index is 3.46. The minimum absolute atomic E-state index is 0.0329. The lowest BCUT2D eigenvalue weighted by Crippen LogP contribution is -2.17. The van der Waals surface area contributed by atoms with Gasteiger partial charge in [0.15, 0.2) is 5.03 Å². The molecule has 0 unspecified atom stereocenters. The monoisotopic (exact) mass is 348 g/mol. The molecule has 0 aliphatic carbocycles. The van der Waals surface area contributed by atoms with Crippen LogP contribution in [0.15, 0.2) is 11.1 Å². The van der Waals surface area contributed by atoms with Crippen molar-refractivity contribution in [3.63, 3.8) is 0 Å². The van der Waals surface area contributed by atoms with Crippen LogP contribution in [0.1, 0.15) is 17.7 Å². The van der Waals surface area contributed by atoms with Crippen molar-refractivity contribution in [1.29, 1.82) is 0 Å². The molecule has 0 aliphatic heterocycles. The molecule has 0 atom stereocenters. The van der Waals surface area contributed by atoms with E-state index in [-0.39, 0.29) is 19.9 Å². The van der Waals surface area contributed by atoms with Crippen molar-refractivity contribution in [3.8, 4) is 0 Å². The normalized spacial score (nSPS) is 12.1. The zero-order valence-electron chi connectivity index (χ0n) is 7.54. The molecular weight excluding hydrogens is 341 g/mol. The summed E-state index contributed by atoms with van der Waals surface area (Å²) in [7, 11) is -3.96. The van der Waals surface area contributed by atoms with Crippen LogP contribution in [0.2, 0.25) is 0 Å². The maximum atomic E-state index is 12.4. The second-order valence-corrected chi connectivity index (χ2v) is 5.43. The van der Waals surface area contributed by atoms with E-state index in [1.165, 1.54) is 6.92 Å². The first kappa shape index (κ1) is 12.7. The SMILES string of the molecule is Cc1nc(S(N)(=O)=O)c(I)cc1C(F)F. The summed E-state index contributed by atoms with van der Waals surface area (Å²) in [5.74, 6) is 0. The summed E-state index contributed by atoms with van der Waals surface area (Å²) in [5.41, 5.74) is -0.318. The summed E-state index contributed by atoms with van der Waals surface area (Å²) in [6.45, 7) is 1.31. The van der Waals surface area contributed by atoms with Gasteiger partial charge in [0, 0.05) is 11.3 Å². The van der Waals surface area contributed by atoms with E-state index < -0.39 is 16.4 Å². The van der Waals surface area contributed by atoms with E-state index in [1.807, 2.05) is 0 Å². The van der Waals surface area contributed by atoms with E-state index in [2.05, 4.69) is 4.98 Å². The maximum Gasteiger partial charge on any atom is 0.265 e. The number of nitrogens with zero attached hydrogens (tertiary/aromatic N) is 1. The largest absolute Gasteiger partial charge is 0.265 e. The summed E-state index contributed by atoms with van der Waals surface area (Å²) < 4.78 is 46.9. The molecule has 15 heavy (non-hydrogen) atoms. The maximum absolute atomic E-state index is 12.4. The number of alkyl halides is 2. The average Bonchev–Trinajstić information content (AvgIpc) is 2.06. The van der Waals surface area contributed by atoms with Gasteiger partial charge in [0.25, 0.3) is 16.4 Å². The van der Waals surface area contributed by atoms with Crippen LogP contribution in [0.4, 0.5) is 8.78 Å². The summed E-state index contributed by atoms with van der Waals surface area (Å²) >= 11 is 1.61. The lowest BCUT2D eigenvalue weighted by molar-refractivity contribution is 0.150. The number of hydrogen-bond acceptors (Lipinski definition) is 3.